The van der Waals surface area contributed by atoms with Crippen LogP contribution in [-0.2, 0) is 0 Å². The molecule has 0 fully saturated rings. The lowest BCUT2D eigenvalue weighted by molar-refractivity contribution is 0.0119. The second kappa shape index (κ2) is 5.52. The molecule has 1 heterocycles. The summed E-state index contributed by atoms with van der Waals surface area (Å²) >= 11 is 7.58. The van der Waals surface area contributed by atoms with Gasteiger partial charge in [0.1, 0.15) is 0 Å². The van der Waals surface area contributed by atoms with Crippen molar-refractivity contribution in [1.82, 2.24) is 5.32 Å². The number of alkyl halides is 2. The van der Waals surface area contributed by atoms with Crippen molar-refractivity contribution in [2.24, 2.45) is 5.73 Å². The number of halogens is 4. The van der Waals surface area contributed by atoms with Gasteiger partial charge in [0.2, 0.25) is 0 Å². The van der Waals surface area contributed by atoms with Crippen LogP contribution in [0.4, 0.5) is 8.78 Å². The van der Waals surface area contributed by atoms with E-state index in [1.807, 2.05) is 0 Å². The average molecular weight is 378 g/mol. The number of nitrogens with two attached hydrogens (primary N) is 1. The Balaban J connectivity index is 2.60. The molecule has 0 unspecified atom stereocenters. The molecule has 0 atom stereocenters. The third kappa shape index (κ3) is 3.76. The molecule has 1 rings (SSSR count). The molecule has 1 amide bonds. The van der Waals surface area contributed by atoms with E-state index in [9.17, 15) is 13.6 Å². The van der Waals surface area contributed by atoms with E-state index in [4.69, 9.17) is 5.73 Å². The molecular formula is C8H8Br2F2N2OS. The minimum atomic E-state index is -3.07. The Morgan fingerprint density at radius 3 is 2.62 bits per heavy atom. The van der Waals surface area contributed by atoms with Crippen molar-refractivity contribution in [2.75, 3.05) is 13.1 Å². The highest BCUT2D eigenvalue weighted by Crippen LogP contribution is 2.32. The minimum Gasteiger partial charge on any atom is -0.345 e. The topological polar surface area (TPSA) is 55.1 Å². The predicted molar refractivity (Wildman–Crippen MR) is 66.1 cm³/mol. The maximum Gasteiger partial charge on any atom is 0.277 e. The van der Waals surface area contributed by atoms with Gasteiger partial charge in [0.05, 0.1) is 21.8 Å². The van der Waals surface area contributed by atoms with Gasteiger partial charge in [-0.05, 0) is 37.9 Å². The zero-order valence-electron chi connectivity index (χ0n) is 7.90. The molecule has 0 saturated carbocycles. The van der Waals surface area contributed by atoms with Crippen LogP contribution in [0.25, 0.3) is 0 Å². The van der Waals surface area contributed by atoms with Crippen LogP contribution in [0.15, 0.2) is 14.3 Å². The van der Waals surface area contributed by atoms with Crippen molar-refractivity contribution in [2.45, 2.75) is 5.92 Å². The highest BCUT2D eigenvalue weighted by Gasteiger charge is 2.27. The predicted octanol–water partition coefficient (Wildman–Crippen LogP) is 2.60. The van der Waals surface area contributed by atoms with Gasteiger partial charge in [-0.3, -0.25) is 4.79 Å². The minimum absolute atomic E-state index is 0.353. The quantitative estimate of drug-likeness (QED) is 0.847. The first-order valence-corrected chi connectivity index (χ1v) is 6.57. The fourth-order valence-electron chi connectivity index (χ4n) is 0.827. The first kappa shape index (κ1) is 14.0. The van der Waals surface area contributed by atoms with Gasteiger partial charge < -0.3 is 11.1 Å². The maximum atomic E-state index is 12.8. The summed E-state index contributed by atoms with van der Waals surface area (Å²) < 4.78 is 27.0. The second-order valence-electron chi connectivity index (χ2n) is 2.98. The van der Waals surface area contributed by atoms with Crippen LogP contribution in [0, 0.1) is 0 Å². The monoisotopic (exact) mass is 376 g/mol. The van der Waals surface area contributed by atoms with E-state index in [0.29, 0.717) is 9.35 Å². The van der Waals surface area contributed by atoms with Crippen LogP contribution in [-0.4, -0.2) is 24.9 Å². The van der Waals surface area contributed by atoms with Crippen molar-refractivity contribution >= 4 is 49.1 Å². The highest BCUT2D eigenvalue weighted by atomic mass is 79.9. The average Bonchev–Trinajstić information content (AvgIpc) is 2.56. The van der Waals surface area contributed by atoms with Gasteiger partial charge in [-0.2, -0.15) is 0 Å². The Kier molecular flexibility index (Phi) is 4.84. The number of amides is 1. The van der Waals surface area contributed by atoms with Gasteiger partial charge in [0, 0.05) is 4.47 Å². The summed E-state index contributed by atoms with van der Waals surface area (Å²) in [6.07, 6.45) is 0. The fraction of sp³-hybridized carbons (Fsp3) is 0.375. The molecule has 8 heteroatoms. The molecule has 0 aliphatic heterocycles. The molecule has 0 saturated heterocycles. The lowest BCUT2D eigenvalue weighted by Gasteiger charge is -2.13. The van der Waals surface area contributed by atoms with Crippen molar-refractivity contribution in [3.8, 4) is 0 Å². The van der Waals surface area contributed by atoms with Crippen LogP contribution < -0.4 is 11.1 Å². The largest absolute Gasteiger partial charge is 0.345 e. The van der Waals surface area contributed by atoms with Gasteiger partial charge in [0.15, 0.2) is 0 Å². The van der Waals surface area contributed by atoms with E-state index in [0.717, 1.165) is 15.1 Å². The first-order chi connectivity index (χ1) is 7.35. The van der Waals surface area contributed by atoms with Crippen LogP contribution in [0.2, 0.25) is 0 Å². The molecular weight excluding hydrogens is 370 g/mol. The molecule has 0 radical (unpaired) electrons. The van der Waals surface area contributed by atoms with Crippen LogP contribution in [0.1, 0.15) is 9.67 Å². The Hall–Kier alpha value is -0.0500. The van der Waals surface area contributed by atoms with E-state index in [2.05, 4.69) is 37.2 Å². The van der Waals surface area contributed by atoms with Crippen molar-refractivity contribution < 1.29 is 13.6 Å². The third-order valence-electron chi connectivity index (χ3n) is 1.68. The van der Waals surface area contributed by atoms with Crippen LogP contribution in [0.5, 0.6) is 0 Å². The molecule has 1 aromatic rings. The van der Waals surface area contributed by atoms with E-state index < -0.39 is 24.9 Å². The molecule has 0 aliphatic rings. The molecule has 3 N–H and O–H groups in total. The van der Waals surface area contributed by atoms with E-state index >= 15 is 0 Å². The summed E-state index contributed by atoms with van der Waals surface area (Å²) in [7, 11) is 0. The Labute approximate surface area is 112 Å². The number of hydrogen-bond acceptors (Lipinski definition) is 3. The third-order valence-corrected chi connectivity index (χ3v) is 4.93. The smallest absolute Gasteiger partial charge is 0.277 e. The SMILES string of the molecule is NCC(F)(F)CNC(=O)c1cc(Br)c(Br)s1. The van der Waals surface area contributed by atoms with E-state index in [-0.39, 0.29) is 0 Å². The molecule has 0 aliphatic carbocycles. The van der Waals surface area contributed by atoms with Gasteiger partial charge in [-0.15, -0.1) is 11.3 Å². The Morgan fingerprint density at radius 2 is 2.19 bits per heavy atom. The first-order valence-electron chi connectivity index (χ1n) is 4.16. The normalized spacial score (nSPS) is 11.6. The summed E-state index contributed by atoms with van der Waals surface area (Å²) in [6, 6.07) is 1.56. The number of hydrogen-bond donors (Lipinski definition) is 2. The number of carbonyl (C=O) groups is 1. The Morgan fingerprint density at radius 1 is 1.56 bits per heavy atom. The van der Waals surface area contributed by atoms with Gasteiger partial charge in [-0.1, -0.05) is 0 Å². The van der Waals surface area contributed by atoms with Crippen LogP contribution >= 0.6 is 43.2 Å². The summed E-state index contributed by atoms with van der Waals surface area (Å²) in [5.41, 5.74) is 4.85. The second-order valence-corrected chi connectivity index (χ2v) is 6.20. The van der Waals surface area contributed by atoms with Gasteiger partial charge in [-0.25, -0.2) is 8.78 Å². The molecule has 90 valence electrons. The maximum absolute atomic E-state index is 12.8. The number of thiophene rings is 1. The van der Waals surface area contributed by atoms with E-state index in [1.54, 1.807) is 6.07 Å². The lowest BCUT2D eigenvalue weighted by Crippen LogP contribution is -2.41. The van der Waals surface area contributed by atoms with Gasteiger partial charge >= 0.3 is 0 Å². The number of nitrogens with one attached hydrogen (secondary N) is 1. The zero-order valence-corrected chi connectivity index (χ0v) is 11.9. The molecule has 3 nitrogen and oxygen atoms in total. The van der Waals surface area contributed by atoms with Crippen molar-refractivity contribution in [3.63, 3.8) is 0 Å². The lowest BCUT2D eigenvalue weighted by atomic mass is 10.3. The fourth-order valence-corrected chi connectivity index (χ4v) is 2.78. The highest BCUT2D eigenvalue weighted by molar-refractivity contribution is 9.13. The zero-order chi connectivity index (χ0) is 12.3. The van der Waals surface area contributed by atoms with E-state index in [1.165, 1.54) is 0 Å². The van der Waals surface area contributed by atoms with Crippen molar-refractivity contribution in [1.29, 1.82) is 0 Å². The van der Waals surface area contributed by atoms with Crippen molar-refractivity contribution in [3.05, 3.63) is 19.2 Å². The summed E-state index contributed by atoms with van der Waals surface area (Å²) in [6.45, 7) is -1.54. The summed E-state index contributed by atoms with van der Waals surface area (Å²) in [5, 5.41) is 2.13. The van der Waals surface area contributed by atoms with Crippen LogP contribution in [0.3, 0.4) is 0 Å². The standard InChI is InChI=1S/C8H8Br2F2N2OS/c9-4-1-5(16-6(4)10)7(15)14-3-8(11,12)2-13/h1H,2-3,13H2,(H,14,15). The molecule has 16 heavy (non-hydrogen) atoms. The Bertz CT molecular complexity index is 378. The molecule has 0 aromatic carbocycles. The molecule has 1 aromatic heterocycles. The summed E-state index contributed by atoms with van der Waals surface area (Å²) in [4.78, 5) is 11.8. The number of rotatable bonds is 4. The summed E-state index contributed by atoms with van der Waals surface area (Å²) in [5.74, 6) is -3.61. The number of carbonyl (C=O) groups excluding carboxylic acids is 1. The molecule has 0 spiro atoms. The van der Waals surface area contributed by atoms with Gasteiger partial charge in [0.25, 0.3) is 11.8 Å². The molecule has 0 bridgehead atoms.